The van der Waals surface area contributed by atoms with E-state index in [1.807, 2.05) is 32.0 Å². The van der Waals surface area contributed by atoms with Crippen molar-refractivity contribution in [1.82, 2.24) is 14.9 Å². The number of pyridine rings is 2. The van der Waals surface area contributed by atoms with E-state index in [2.05, 4.69) is 5.32 Å². The summed E-state index contributed by atoms with van der Waals surface area (Å²) in [4.78, 5) is 29.9. The summed E-state index contributed by atoms with van der Waals surface area (Å²) in [6.07, 6.45) is -0.615. The van der Waals surface area contributed by atoms with Crippen LogP contribution in [0.3, 0.4) is 0 Å². The number of benzene rings is 1. The van der Waals surface area contributed by atoms with Gasteiger partial charge < -0.3 is 30.2 Å². The summed E-state index contributed by atoms with van der Waals surface area (Å²) in [7, 11) is 1.62. The number of hydrogen-bond donors (Lipinski definition) is 3. The number of esters is 1. The van der Waals surface area contributed by atoms with Crippen LogP contribution in [-0.4, -0.2) is 40.8 Å². The van der Waals surface area contributed by atoms with Gasteiger partial charge in [-0.15, -0.1) is 0 Å². The lowest BCUT2D eigenvalue weighted by atomic mass is 9.98. The highest BCUT2D eigenvalue weighted by Crippen LogP contribution is 2.38. The fourth-order valence-corrected chi connectivity index (χ4v) is 4.46. The van der Waals surface area contributed by atoms with Gasteiger partial charge in [0.2, 0.25) is 0 Å². The summed E-state index contributed by atoms with van der Waals surface area (Å²) in [5.41, 5.74) is 9.98. The Morgan fingerprint density at radius 2 is 2.06 bits per heavy atom. The zero-order valence-corrected chi connectivity index (χ0v) is 19.7. The first-order chi connectivity index (χ1) is 16.5. The number of carbonyl (C=O) groups is 1. The van der Waals surface area contributed by atoms with E-state index in [0.29, 0.717) is 42.1 Å². The van der Waals surface area contributed by atoms with Gasteiger partial charge in [0.15, 0.2) is 6.10 Å². The number of ether oxygens (including phenoxy) is 2. The van der Waals surface area contributed by atoms with Gasteiger partial charge in [-0.2, -0.15) is 0 Å². The lowest BCUT2D eigenvalue weighted by Crippen LogP contribution is -2.32. The molecule has 0 aliphatic carbocycles. The molecule has 2 aliphatic rings. The zero-order chi connectivity index (χ0) is 24.4. The monoisotopic (exact) mass is 466 g/mol. The number of aromatic nitrogens is 2. The fraction of sp³-hybridized carbons (Fsp3) is 0.400. The third-order valence-electron chi connectivity index (χ3n) is 6.14. The Kier molecular flexibility index (Phi) is 6.97. The standard InChI is InChI=1S/C23H24N4O5.C2H6/c1-31-12-3-4-18-13(7-12)15(9-25-6-2-5-24)16-10-27-19(20(16)26-18)8-14-17(22(27)29)11-32-23(30)21(14)28;1-2/h3-4,7-8,21,25,28H,2,5-6,9-11,24H2,1H3;1-2H3. The summed E-state index contributed by atoms with van der Waals surface area (Å²) < 4.78 is 12.0. The summed E-state index contributed by atoms with van der Waals surface area (Å²) in [6, 6.07) is 7.39. The SMILES string of the molecule is CC.COc1ccc2nc3c(c(CNCCCN)c2c1)Cn1c-3cc2c(c1=O)COC(=O)C2O. The van der Waals surface area contributed by atoms with Crippen LogP contribution in [0.15, 0.2) is 29.1 Å². The molecule has 1 aromatic carbocycles. The van der Waals surface area contributed by atoms with Crippen molar-refractivity contribution in [3.8, 4) is 17.1 Å². The highest BCUT2D eigenvalue weighted by Gasteiger charge is 2.34. The van der Waals surface area contributed by atoms with E-state index in [-0.39, 0.29) is 12.2 Å². The third kappa shape index (κ3) is 3.96. The Morgan fingerprint density at radius 1 is 1.26 bits per heavy atom. The molecule has 180 valence electrons. The van der Waals surface area contributed by atoms with E-state index in [9.17, 15) is 14.7 Å². The van der Waals surface area contributed by atoms with Crippen LogP contribution in [0.4, 0.5) is 0 Å². The summed E-state index contributed by atoms with van der Waals surface area (Å²) in [5, 5.41) is 14.7. The van der Waals surface area contributed by atoms with Gasteiger partial charge in [0.1, 0.15) is 12.4 Å². The molecule has 0 spiro atoms. The van der Waals surface area contributed by atoms with E-state index in [1.165, 1.54) is 0 Å². The van der Waals surface area contributed by atoms with Crippen LogP contribution in [0, 0.1) is 0 Å². The van der Waals surface area contributed by atoms with Crippen LogP contribution < -0.4 is 21.3 Å². The van der Waals surface area contributed by atoms with Crippen molar-refractivity contribution in [2.24, 2.45) is 5.73 Å². The molecule has 0 bridgehead atoms. The highest BCUT2D eigenvalue weighted by atomic mass is 16.5. The number of cyclic esters (lactones) is 1. The number of carbonyl (C=O) groups excluding carboxylic acids is 1. The molecule has 1 unspecified atom stereocenters. The van der Waals surface area contributed by atoms with Crippen LogP contribution >= 0.6 is 0 Å². The van der Waals surface area contributed by atoms with Crippen LogP contribution in [0.2, 0.25) is 0 Å². The van der Waals surface area contributed by atoms with Gasteiger partial charge in [0, 0.05) is 23.1 Å². The van der Waals surface area contributed by atoms with Gasteiger partial charge in [-0.25, -0.2) is 9.78 Å². The molecule has 0 radical (unpaired) electrons. The predicted octanol–water partition coefficient (Wildman–Crippen LogP) is 1.99. The van der Waals surface area contributed by atoms with Crippen LogP contribution in [0.5, 0.6) is 5.75 Å². The molecule has 0 fully saturated rings. The Balaban J connectivity index is 0.00000133. The minimum Gasteiger partial charge on any atom is -0.497 e. The number of nitrogens with one attached hydrogen (secondary N) is 1. The number of fused-ring (bicyclic) bond motifs is 5. The second-order valence-corrected chi connectivity index (χ2v) is 7.98. The second kappa shape index (κ2) is 9.92. The number of rotatable bonds is 6. The second-order valence-electron chi connectivity index (χ2n) is 7.98. The van der Waals surface area contributed by atoms with Crippen LogP contribution in [0.25, 0.3) is 22.3 Å². The predicted molar refractivity (Wildman–Crippen MR) is 129 cm³/mol. The molecule has 4 heterocycles. The molecular formula is C25H30N4O5. The minimum atomic E-state index is -1.47. The molecule has 5 rings (SSSR count). The van der Waals surface area contributed by atoms with Gasteiger partial charge in [-0.3, -0.25) is 4.79 Å². The maximum Gasteiger partial charge on any atom is 0.340 e. The lowest BCUT2D eigenvalue weighted by molar-refractivity contribution is -0.157. The van der Waals surface area contributed by atoms with Crippen molar-refractivity contribution >= 4 is 16.9 Å². The maximum absolute atomic E-state index is 13.2. The third-order valence-corrected chi connectivity index (χ3v) is 6.14. The quantitative estimate of drug-likeness (QED) is 0.291. The van der Waals surface area contributed by atoms with Crippen molar-refractivity contribution < 1.29 is 19.4 Å². The molecule has 0 amide bonds. The molecule has 3 aromatic rings. The van der Waals surface area contributed by atoms with Gasteiger partial charge in [0.05, 0.1) is 36.1 Å². The first-order valence-corrected chi connectivity index (χ1v) is 11.6. The first kappa shape index (κ1) is 23.9. The number of aliphatic hydroxyl groups is 1. The Bertz CT molecular complexity index is 1300. The average molecular weight is 467 g/mol. The molecule has 9 heteroatoms. The van der Waals surface area contributed by atoms with Crippen molar-refractivity contribution in [2.75, 3.05) is 20.2 Å². The Labute approximate surface area is 197 Å². The lowest BCUT2D eigenvalue weighted by Gasteiger charge is -2.21. The van der Waals surface area contributed by atoms with Crippen LogP contribution in [-0.2, 0) is 29.2 Å². The van der Waals surface area contributed by atoms with Crippen molar-refractivity contribution in [3.63, 3.8) is 0 Å². The smallest absolute Gasteiger partial charge is 0.340 e. The number of aliphatic hydroxyl groups excluding tert-OH is 1. The van der Waals surface area contributed by atoms with Gasteiger partial charge in [0.25, 0.3) is 5.56 Å². The number of hydrogen-bond acceptors (Lipinski definition) is 8. The van der Waals surface area contributed by atoms with Gasteiger partial charge >= 0.3 is 5.97 Å². The Morgan fingerprint density at radius 3 is 2.79 bits per heavy atom. The summed E-state index contributed by atoms with van der Waals surface area (Å²) in [6.45, 7) is 6.17. The minimum absolute atomic E-state index is 0.138. The molecular weight excluding hydrogens is 436 g/mol. The molecule has 4 N–H and O–H groups in total. The molecule has 2 aliphatic heterocycles. The topological polar surface area (TPSA) is 129 Å². The normalized spacial score (nSPS) is 15.7. The summed E-state index contributed by atoms with van der Waals surface area (Å²) in [5.74, 6) is -0.0205. The van der Waals surface area contributed by atoms with E-state index in [4.69, 9.17) is 20.2 Å². The van der Waals surface area contributed by atoms with E-state index < -0.39 is 12.1 Å². The average Bonchev–Trinajstić information content (AvgIpc) is 3.23. The van der Waals surface area contributed by atoms with Crippen LogP contribution in [0.1, 0.15) is 48.6 Å². The molecule has 9 nitrogen and oxygen atoms in total. The fourth-order valence-electron chi connectivity index (χ4n) is 4.46. The Hall–Kier alpha value is -3.27. The van der Waals surface area contributed by atoms with Crippen molar-refractivity contribution in [2.45, 2.75) is 46.1 Å². The summed E-state index contributed by atoms with van der Waals surface area (Å²) >= 11 is 0. The largest absolute Gasteiger partial charge is 0.497 e. The molecule has 34 heavy (non-hydrogen) atoms. The number of nitrogens with zero attached hydrogens (tertiary/aromatic N) is 2. The molecule has 0 saturated heterocycles. The van der Waals surface area contributed by atoms with Crippen molar-refractivity contribution in [1.29, 1.82) is 0 Å². The van der Waals surface area contributed by atoms with E-state index >= 15 is 0 Å². The molecule has 2 aromatic heterocycles. The van der Waals surface area contributed by atoms with E-state index in [1.54, 1.807) is 17.7 Å². The van der Waals surface area contributed by atoms with Gasteiger partial charge in [-0.05, 0) is 49.3 Å². The van der Waals surface area contributed by atoms with E-state index in [0.717, 1.165) is 40.7 Å². The maximum atomic E-state index is 13.2. The highest BCUT2D eigenvalue weighted by molar-refractivity contribution is 5.89. The first-order valence-electron chi connectivity index (χ1n) is 11.6. The van der Waals surface area contributed by atoms with Crippen molar-refractivity contribution in [3.05, 3.63) is 56.9 Å². The molecule has 1 atom stereocenters. The molecule has 0 saturated carbocycles. The number of nitrogens with two attached hydrogens (primary N) is 1. The van der Waals surface area contributed by atoms with Gasteiger partial charge in [-0.1, -0.05) is 13.8 Å². The number of methoxy groups -OCH3 is 1. The zero-order valence-electron chi connectivity index (χ0n) is 19.7.